The third-order valence-corrected chi connectivity index (χ3v) is 6.44. The summed E-state index contributed by atoms with van der Waals surface area (Å²) in [6, 6.07) is 13.1. The maximum atomic E-state index is 13.2. The molecule has 0 N–H and O–H groups in total. The molecule has 1 fully saturated rings. The number of benzene rings is 2. The van der Waals surface area contributed by atoms with Crippen molar-refractivity contribution in [2.45, 2.75) is 32.0 Å². The molecule has 2 aromatic rings. The Morgan fingerprint density at radius 3 is 2.35 bits per heavy atom. The van der Waals surface area contributed by atoms with E-state index in [9.17, 15) is 9.59 Å². The molecule has 0 aromatic heterocycles. The van der Waals surface area contributed by atoms with Crippen molar-refractivity contribution in [3.63, 3.8) is 0 Å². The first-order valence-electron chi connectivity index (χ1n) is 10.8. The Hall–Kier alpha value is -3.22. The van der Waals surface area contributed by atoms with E-state index in [-0.39, 0.29) is 30.4 Å². The van der Waals surface area contributed by atoms with Crippen LogP contribution in [0, 0.1) is 0 Å². The average Bonchev–Trinajstić information content (AvgIpc) is 3.11. The molecule has 0 saturated carbocycles. The number of carbonyl (C=O) groups excluding carboxylic acids is 2. The predicted molar refractivity (Wildman–Crippen MR) is 114 cm³/mol. The van der Waals surface area contributed by atoms with Gasteiger partial charge in [-0.25, -0.2) is 0 Å². The molecule has 7 heteroatoms. The van der Waals surface area contributed by atoms with Gasteiger partial charge in [-0.2, -0.15) is 0 Å². The zero-order valence-corrected chi connectivity index (χ0v) is 17.7. The second-order valence-corrected chi connectivity index (χ2v) is 8.32. The number of fused-ring (bicyclic) bond motifs is 2. The molecule has 0 unspecified atom stereocenters. The minimum absolute atomic E-state index is 0.0450. The molecular weight excluding hydrogens is 396 g/mol. The summed E-state index contributed by atoms with van der Waals surface area (Å²) in [5, 5.41) is 0. The molecule has 0 bridgehead atoms. The Morgan fingerprint density at radius 2 is 1.58 bits per heavy atom. The highest BCUT2D eigenvalue weighted by atomic mass is 16.6. The van der Waals surface area contributed by atoms with Crippen molar-refractivity contribution < 1.29 is 23.8 Å². The Kier molecular flexibility index (Phi) is 4.96. The van der Waals surface area contributed by atoms with Gasteiger partial charge in [-0.3, -0.25) is 9.59 Å². The third-order valence-electron chi connectivity index (χ3n) is 6.44. The van der Waals surface area contributed by atoms with E-state index >= 15 is 0 Å². The van der Waals surface area contributed by atoms with Crippen LogP contribution in [0.5, 0.6) is 17.2 Å². The maximum Gasteiger partial charge on any atom is 0.267 e. The minimum Gasteiger partial charge on any atom is -0.489 e. The molecule has 5 rings (SSSR count). The summed E-state index contributed by atoms with van der Waals surface area (Å²) in [4.78, 5) is 29.7. The van der Waals surface area contributed by atoms with Crippen molar-refractivity contribution in [1.82, 2.24) is 9.80 Å². The van der Waals surface area contributed by atoms with Crippen LogP contribution in [-0.2, 0) is 4.79 Å². The van der Waals surface area contributed by atoms with Gasteiger partial charge in [0, 0.05) is 37.7 Å². The molecule has 3 heterocycles. The van der Waals surface area contributed by atoms with E-state index in [0.717, 1.165) is 5.56 Å². The number of para-hydroxylation sites is 3. The molecule has 0 radical (unpaired) electrons. The summed E-state index contributed by atoms with van der Waals surface area (Å²) in [7, 11) is 0. The Morgan fingerprint density at radius 1 is 0.871 bits per heavy atom. The van der Waals surface area contributed by atoms with Crippen molar-refractivity contribution in [2.24, 2.45) is 0 Å². The van der Waals surface area contributed by atoms with Gasteiger partial charge < -0.3 is 24.0 Å². The van der Waals surface area contributed by atoms with Gasteiger partial charge in [-0.05, 0) is 25.1 Å². The number of nitrogens with zero attached hydrogens (tertiary/aromatic N) is 2. The van der Waals surface area contributed by atoms with E-state index in [1.807, 2.05) is 43.3 Å². The van der Waals surface area contributed by atoms with E-state index in [2.05, 4.69) is 6.92 Å². The van der Waals surface area contributed by atoms with Crippen molar-refractivity contribution >= 4 is 11.8 Å². The topological polar surface area (TPSA) is 68.3 Å². The number of rotatable bonds is 2. The highest BCUT2D eigenvalue weighted by Crippen LogP contribution is 2.40. The zero-order chi connectivity index (χ0) is 21.5. The standard InChI is InChI=1S/C24H26N2O5/c1-15-16(2)30-22-17(15)6-5-7-18(22)23(27)25-10-12-26(13-11-25)24(28)21-14-29-19-8-3-4-9-20(19)31-21/h3-9,15-16,21H,10-14H2,1-2H3/t15-,16-,21-/m0/s1. The second kappa shape index (κ2) is 7.80. The fourth-order valence-electron chi connectivity index (χ4n) is 4.40. The quantitative estimate of drug-likeness (QED) is 0.745. The molecule has 3 atom stereocenters. The molecule has 1 saturated heterocycles. The molecule has 0 aliphatic carbocycles. The number of hydrogen-bond acceptors (Lipinski definition) is 5. The fourth-order valence-corrected chi connectivity index (χ4v) is 4.40. The first-order valence-corrected chi connectivity index (χ1v) is 10.8. The van der Waals surface area contributed by atoms with E-state index in [0.29, 0.717) is 49.0 Å². The van der Waals surface area contributed by atoms with Crippen LogP contribution in [0.15, 0.2) is 42.5 Å². The van der Waals surface area contributed by atoms with Gasteiger partial charge in [0.1, 0.15) is 18.5 Å². The summed E-state index contributed by atoms with van der Waals surface area (Å²) in [6.07, 6.45) is -0.604. The van der Waals surface area contributed by atoms with Gasteiger partial charge in [0.25, 0.3) is 11.8 Å². The molecule has 31 heavy (non-hydrogen) atoms. The summed E-state index contributed by atoms with van der Waals surface area (Å²) >= 11 is 0. The summed E-state index contributed by atoms with van der Waals surface area (Å²) in [5.41, 5.74) is 1.69. The monoisotopic (exact) mass is 422 g/mol. The lowest BCUT2D eigenvalue weighted by molar-refractivity contribution is -0.142. The Labute approximate surface area is 181 Å². The van der Waals surface area contributed by atoms with Crippen LogP contribution in [0.2, 0.25) is 0 Å². The second-order valence-electron chi connectivity index (χ2n) is 8.32. The van der Waals surface area contributed by atoms with Crippen LogP contribution in [0.3, 0.4) is 0 Å². The fraction of sp³-hybridized carbons (Fsp3) is 0.417. The third kappa shape index (κ3) is 3.48. The van der Waals surface area contributed by atoms with Crippen LogP contribution in [0.25, 0.3) is 0 Å². The Balaban J connectivity index is 1.23. The van der Waals surface area contributed by atoms with Gasteiger partial charge >= 0.3 is 0 Å². The van der Waals surface area contributed by atoms with Crippen LogP contribution in [0.4, 0.5) is 0 Å². The van der Waals surface area contributed by atoms with Gasteiger partial charge in [-0.15, -0.1) is 0 Å². The molecular formula is C24H26N2O5. The van der Waals surface area contributed by atoms with E-state index in [1.54, 1.807) is 15.9 Å². The predicted octanol–water partition coefficient (Wildman–Crippen LogP) is 2.70. The first-order chi connectivity index (χ1) is 15.0. The lowest BCUT2D eigenvalue weighted by Gasteiger charge is -2.37. The SMILES string of the molecule is C[C@@H]1Oc2c(C(=O)N3CCN(C(=O)[C@@H]4COc5ccccc5O4)CC3)cccc2[C@H]1C. The van der Waals surface area contributed by atoms with E-state index < -0.39 is 6.10 Å². The highest BCUT2D eigenvalue weighted by molar-refractivity contribution is 5.98. The van der Waals surface area contributed by atoms with Gasteiger partial charge in [0.05, 0.1) is 5.56 Å². The average molecular weight is 422 g/mol. The Bertz CT molecular complexity index is 1010. The lowest BCUT2D eigenvalue weighted by atomic mass is 9.96. The summed E-state index contributed by atoms with van der Waals surface area (Å²) in [6.45, 7) is 6.22. The van der Waals surface area contributed by atoms with Gasteiger partial charge in [0.15, 0.2) is 11.5 Å². The van der Waals surface area contributed by atoms with Gasteiger partial charge in [-0.1, -0.05) is 31.2 Å². The molecule has 0 spiro atoms. The van der Waals surface area contributed by atoms with Crippen LogP contribution < -0.4 is 14.2 Å². The van der Waals surface area contributed by atoms with E-state index in [1.165, 1.54) is 0 Å². The smallest absolute Gasteiger partial charge is 0.267 e. The number of piperazine rings is 1. The normalized spacial score (nSPS) is 24.4. The first kappa shape index (κ1) is 19.7. The highest BCUT2D eigenvalue weighted by Gasteiger charge is 2.36. The summed E-state index contributed by atoms with van der Waals surface area (Å²) in [5.74, 6) is 2.06. The van der Waals surface area contributed by atoms with Crippen molar-refractivity contribution in [2.75, 3.05) is 32.8 Å². The lowest BCUT2D eigenvalue weighted by Crippen LogP contribution is -2.55. The van der Waals surface area contributed by atoms with Gasteiger partial charge in [0.2, 0.25) is 6.10 Å². The minimum atomic E-state index is -0.661. The van der Waals surface area contributed by atoms with Crippen LogP contribution in [-0.4, -0.2) is 66.6 Å². The van der Waals surface area contributed by atoms with Crippen LogP contribution >= 0.6 is 0 Å². The number of carbonyl (C=O) groups is 2. The van der Waals surface area contributed by atoms with Crippen LogP contribution in [0.1, 0.15) is 35.7 Å². The zero-order valence-electron chi connectivity index (χ0n) is 17.7. The molecule has 3 aliphatic rings. The van der Waals surface area contributed by atoms with Crippen molar-refractivity contribution in [3.05, 3.63) is 53.6 Å². The molecule has 3 aliphatic heterocycles. The number of ether oxygens (including phenoxy) is 3. The number of amides is 2. The largest absolute Gasteiger partial charge is 0.489 e. The van der Waals surface area contributed by atoms with E-state index in [4.69, 9.17) is 14.2 Å². The molecule has 2 amide bonds. The maximum absolute atomic E-state index is 13.2. The molecule has 7 nitrogen and oxygen atoms in total. The van der Waals surface area contributed by atoms with Crippen molar-refractivity contribution in [1.29, 1.82) is 0 Å². The molecule has 162 valence electrons. The molecule has 2 aromatic carbocycles. The number of hydrogen-bond donors (Lipinski definition) is 0. The van der Waals surface area contributed by atoms with Crippen molar-refractivity contribution in [3.8, 4) is 17.2 Å². The summed E-state index contributed by atoms with van der Waals surface area (Å²) < 4.78 is 17.5.